The van der Waals surface area contributed by atoms with Crippen molar-refractivity contribution in [2.24, 2.45) is 5.50 Å². The van der Waals surface area contributed by atoms with Crippen LogP contribution in [0.2, 0.25) is 0 Å². The molecular weight excluding hydrogens is 185 g/mol. The number of hydrogen-bond acceptors (Lipinski definition) is 2. The van der Waals surface area contributed by atoms with Gasteiger partial charge in [-0.2, -0.15) is 0 Å². The fourth-order valence-corrected chi connectivity index (χ4v) is 2.73. The van der Waals surface area contributed by atoms with Crippen molar-refractivity contribution >= 4 is 35.5 Å². The molecule has 2 aromatic rings. The molecule has 1 aromatic carbocycles. The van der Waals surface area contributed by atoms with Crippen molar-refractivity contribution in [3.8, 4) is 0 Å². The van der Waals surface area contributed by atoms with E-state index >= 15 is 0 Å². The van der Waals surface area contributed by atoms with Crippen LogP contribution in [0, 0.1) is 6.92 Å². The Balaban J connectivity index is 2.66. The molecule has 12 heavy (non-hydrogen) atoms. The van der Waals surface area contributed by atoms with Gasteiger partial charge >= 0.3 is 0 Å². The Morgan fingerprint density at radius 2 is 2.17 bits per heavy atom. The Bertz CT molecular complexity index is 408. The van der Waals surface area contributed by atoms with E-state index in [0.717, 1.165) is 0 Å². The van der Waals surface area contributed by atoms with Gasteiger partial charge in [-0.15, -0.1) is 11.3 Å². The molecule has 0 aliphatic heterocycles. The fourth-order valence-electron chi connectivity index (χ4n) is 1.25. The lowest BCUT2D eigenvalue weighted by molar-refractivity contribution is 1.66. The van der Waals surface area contributed by atoms with Gasteiger partial charge in [-0.05, 0) is 38.5 Å². The van der Waals surface area contributed by atoms with Gasteiger partial charge in [-0.1, -0.05) is 12.1 Å². The van der Waals surface area contributed by atoms with Gasteiger partial charge in [0.05, 0.1) is 0 Å². The lowest BCUT2D eigenvalue weighted by Gasteiger charge is -1.94. The molecule has 1 atom stereocenters. The molecule has 1 aromatic heterocycles. The SMILES string of the molecule is Cc1cc2ccc(PN)cc2s1. The lowest BCUT2D eigenvalue weighted by atomic mass is 10.2. The molecule has 0 aliphatic carbocycles. The average molecular weight is 195 g/mol. The first kappa shape index (κ1) is 8.18. The fraction of sp³-hybridized carbons (Fsp3) is 0.111. The number of benzene rings is 1. The highest BCUT2D eigenvalue weighted by atomic mass is 32.1. The molecule has 2 rings (SSSR count). The van der Waals surface area contributed by atoms with Crippen molar-refractivity contribution in [2.45, 2.75) is 6.92 Å². The Morgan fingerprint density at radius 1 is 1.33 bits per heavy atom. The van der Waals surface area contributed by atoms with E-state index in [1.54, 1.807) is 0 Å². The average Bonchev–Trinajstić information content (AvgIpc) is 2.43. The minimum absolute atomic E-state index is 0.409. The molecule has 1 nitrogen and oxygen atoms in total. The second-order valence-electron chi connectivity index (χ2n) is 2.75. The van der Waals surface area contributed by atoms with Gasteiger partial charge in [0.1, 0.15) is 0 Å². The molecule has 0 bridgehead atoms. The highest BCUT2D eigenvalue weighted by molar-refractivity contribution is 7.44. The van der Waals surface area contributed by atoms with E-state index in [1.807, 2.05) is 11.3 Å². The minimum atomic E-state index is 0.409. The Kier molecular flexibility index (Phi) is 2.14. The molecule has 1 unspecified atom stereocenters. The quantitative estimate of drug-likeness (QED) is 0.695. The van der Waals surface area contributed by atoms with E-state index in [0.29, 0.717) is 8.73 Å². The van der Waals surface area contributed by atoms with Gasteiger partial charge in [0.2, 0.25) is 0 Å². The van der Waals surface area contributed by atoms with Gasteiger partial charge in [-0.3, -0.25) is 0 Å². The van der Waals surface area contributed by atoms with E-state index in [9.17, 15) is 0 Å². The molecule has 0 saturated carbocycles. The first-order chi connectivity index (χ1) is 5.79. The van der Waals surface area contributed by atoms with Crippen LogP contribution in [0.15, 0.2) is 24.3 Å². The number of rotatable bonds is 1. The molecule has 3 heteroatoms. The number of thiophene rings is 1. The molecular formula is C9H10NPS. The Hall–Kier alpha value is -0.430. The monoisotopic (exact) mass is 195 g/mol. The Labute approximate surface area is 77.4 Å². The third-order valence-electron chi connectivity index (χ3n) is 1.81. The molecule has 0 radical (unpaired) electrons. The third-order valence-corrected chi connectivity index (χ3v) is 3.47. The summed E-state index contributed by atoms with van der Waals surface area (Å²) in [7, 11) is 0.409. The summed E-state index contributed by atoms with van der Waals surface area (Å²) < 4.78 is 1.35. The molecule has 0 saturated heterocycles. The smallest absolute Gasteiger partial charge is 0.0352 e. The first-order valence-corrected chi connectivity index (χ1v) is 5.66. The zero-order chi connectivity index (χ0) is 8.55. The van der Waals surface area contributed by atoms with E-state index < -0.39 is 0 Å². The summed E-state index contributed by atoms with van der Waals surface area (Å²) in [6.07, 6.45) is 0. The predicted octanol–water partition coefficient (Wildman–Crippen LogP) is 2.39. The molecule has 0 amide bonds. The summed E-state index contributed by atoms with van der Waals surface area (Å²) in [6.45, 7) is 2.13. The standard InChI is InChI=1S/C9H10NPS/c1-6-4-7-2-3-8(11-10)5-9(7)12-6/h2-5,11H,10H2,1H3. The van der Waals surface area contributed by atoms with Crippen LogP contribution < -0.4 is 10.8 Å². The minimum Gasteiger partial charge on any atom is -0.308 e. The van der Waals surface area contributed by atoms with Crippen LogP contribution in [-0.4, -0.2) is 0 Å². The van der Waals surface area contributed by atoms with Crippen LogP contribution >= 0.6 is 20.1 Å². The van der Waals surface area contributed by atoms with Crippen LogP contribution in [0.4, 0.5) is 0 Å². The first-order valence-electron chi connectivity index (χ1n) is 3.76. The largest absolute Gasteiger partial charge is 0.308 e. The van der Waals surface area contributed by atoms with Crippen molar-refractivity contribution in [3.63, 3.8) is 0 Å². The lowest BCUT2D eigenvalue weighted by Crippen LogP contribution is -1.95. The van der Waals surface area contributed by atoms with Crippen molar-refractivity contribution in [3.05, 3.63) is 29.1 Å². The van der Waals surface area contributed by atoms with E-state index in [2.05, 4.69) is 31.2 Å². The Morgan fingerprint density at radius 3 is 2.92 bits per heavy atom. The van der Waals surface area contributed by atoms with E-state index in [1.165, 1.54) is 20.3 Å². The number of nitrogens with two attached hydrogens (primary N) is 1. The molecule has 0 spiro atoms. The summed E-state index contributed by atoms with van der Waals surface area (Å²) in [6, 6.07) is 8.65. The van der Waals surface area contributed by atoms with E-state index in [4.69, 9.17) is 5.50 Å². The van der Waals surface area contributed by atoms with E-state index in [-0.39, 0.29) is 0 Å². The highest BCUT2D eigenvalue weighted by Gasteiger charge is 1.98. The molecule has 1 heterocycles. The zero-order valence-corrected chi connectivity index (χ0v) is 8.61. The second kappa shape index (κ2) is 3.14. The van der Waals surface area contributed by atoms with Crippen LogP contribution in [0.25, 0.3) is 10.1 Å². The summed E-state index contributed by atoms with van der Waals surface area (Å²) in [5.74, 6) is 0. The summed E-state index contributed by atoms with van der Waals surface area (Å²) in [4.78, 5) is 1.36. The van der Waals surface area contributed by atoms with Crippen molar-refractivity contribution in [1.29, 1.82) is 0 Å². The maximum Gasteiger partial charge on any atom is 0.0352 e. The summed E-state index contributed by atoms with van der Waals surface area (Å²) >= 11 is 1.83. The highest BCUT2D eigenvalue weighted by Crippen LogP contribution is 2.24. The third kappa shape index (κ3) is 1.38. The number of aryl methyl sites for hydroxylation is 1. The van der Waals surface area contributed by atoms with Crippen LogP contribution in [0.3, 0.4) is 0 Å². The van der Waals surface area contributed by atoms with Gasteiger partial charge in [0.15, 0.2) is 0 Å². The van der Waals surface area contributed by atoms with Crippen molar-refractivity contribution in [1.82, 2.24) is 0 Å². The normalized spacial score (nSPS) is 11.8. The zero-order valence-electron chi connectivity index (χ0n) is 6.79. The van der Waals surface area contributed by atoms with Crippen molar-refractivity contribution in [2.75, 3.05) is 0 Å². The molecule has 2 N–H and O–H groups in total. The van der Waals surface area contributed by atoms with Crippen LogP contribution in [0.1, 0.15) is 4.88 Å². The molecule has 0 fully saturated rings. The maximum atomic E-state index is 5.58. The maximum absolute atomic E-state index is 5.58. The van der Waals surface area contributed by atoms with Gasteiger partial charge in [0, 0.05) is 9.58 Å². The van der Waals surface area contributed by atoms with Crippen LogP contribution in [0.5, 0.6) is 0 Å². The van der Waals surface area contributed by atoms with Gasteiger partial charge < -0.3 is 5.50 Å². The summed E-state index contributed by atoms with van der Waals surface area (Å²) in [5.41, 5.74) is 5.58. The topological polar surface area (TPSA) is 26.0 Å². The van der Waals surface area contributed by atoms with Gasteiger partial charge in [0.25, 0.3) is 0 Å². The number of fused-ring (bicyclic) bond motifs is 1. The molecule has 62 valence electrons. The summed E-state index contributed by atoms with van der Waals surface area (Å²) in [5, 5.41) is 2.57. The van der Waals surface area contributed by atoms with Crippen molar-refractivity contribution < 1.29 is 0 Å². The predicted molar refractivity (Wildman–Crippen MR) is 58.7 cm³/mol. The van der Waals surface area contributed by atoms with Crippen LogP contribution in [-0.2, 0) is 0 Å². The molecule has 0 aliphatic rings. The number of hydrogen-bond donors (Lipinski definition) is 1. The van der Waals surface area contributed by atoms with Gasteiger partial charge in [-0.25, -0.2) is 0 Å². The second-order valence-corrected chi connectivity index (χ2v) is 4.91.